The van der Waals surface area contributed by atoms with Crippen LogP contribution in [-0.2, 0) is 0 Å². The SMILES string of the molecule is CCN(CC)C(C)CNC(=NC)NCC1CCCS1. The van der Waals surface area contributed by atoms with Gasteiger partial charge in [0, 0.05) is 31.4 Å². The normalized spacial score (nSPS) is 21.7. The molecule has 19 heavy (non-hydrogen) atoms. The van der Waals surface area contributed by atoms with Gasteiger partial charge in [0.05, 0.1) is 0 Å². The van der Waals surface area contributed by atoms with Gasteiger partial charge in [0.25, 0.3) is 0 Å². The Morgan fingerprint density at radius 2 is 2.11 bits per heavy atom. The molecule has 0 bridgehead atoms. The Morgan fingerprint density at radius 1 is 1.37 bits per heavy atom. The molecule has 2 atom stereocenters. The molecule has 1 rings (SSSR count). The van der Waals surface area contributed by atoms with Gasteiger partial charge in [-0.2, -0.15) is 11.8 Å². The number of nitrogens with zero attached hydrogens (tertiary/aromatic N) is 2. The largest absolute Gasteiger partial charge is 0.355 e. The zero-order chi connectivity index (χ0) is 14.1. The van der Waals surface area contributed by atoms with Gasteiger partial charge in [-0.1, -0.05) is 13.8 Å². The van der Waals surface area contributed by atoms with Crippen LogP contribution in [-0.4, -0.2) is 61.1 Å². The molecule has 0 aromatic rings. The first-order valence-corrected chi connectivity index (χ1v) is 8.56. The van der Waals surface area contributed by atoms with Crippen LogP contribution in [0.4, 0.5) is 0 Å². The average molecular weight is 286 g/mol. The van der Waals surface area contributed by atoms with Gasteiger partial charge in [-0.3, -0.25) is 9.89 Å². The number of guanidine groups is 1. The van der Waals surface area contributed by atoms with Gasteiger partial charge in [-0.15, -0.1) is 0 Å². The molecular formula is C14H30N4S. The highest BCUT2D eigenvalue weighted by atomic mass is 32.2. The second kappa shape index (κ2) is 9.48. The van der Waals surface area contributed by atoms with Crippen molar-refractivity contribution < 1.29 is 0 Å². The van der Waals surface area contributed by atoms with Crippen LogP contribution in [0, 0.1) is 0 Å². The van der Waals surface area contributed by atoms with E-state index in [2.05, 4.69) is 53.1 Å². The second-order valence-electron chi connectivity index (χ2n) is 5.04. The lowest BCUT2D eigenvalue weighted by atomic mass is 10.2. The standard InChI is InChI=1S/C14H30N4S/c1-5-18(6-2)12(3)10-16-14(15-4)17-11-13-8-7-9-19-13/h12-13H,5-11H2,1-4H3,(H2,15,16,17). The molecule has 2 unspecified atom stereocenters. The maximum Gasteiger partial charge on any atom is 0.191 e. The van der Waals surface area contributed by atoms with Crippen molar-refractivity contribution in [1.29, 1.82) is 0 Å². The minimum Gasteiger partial charge on any atom is -0.355 e. The van der Waals surface area contributed by atoms with E-state index in [1.165, 1.54) is 18.6 Å². The fraction of sp³-hybridized carbons (Fsp3) is 0.929. The predicted octanol–water partition coefficient (Wildman–Crippen LogP) is 1.78. The fourth-order valence-electron chi connectivity index (χ4n) is 2.46. The molecule has 0 aromatic heterocycles. The topological polar surface area (TPSA) is 39.7 Å². The van der Waals surface area contributed by atoms with Crippen molar-refractivity contribution in [3.8, 4) is 0 Å². The van der Waals surface area contributed by atoms with E-state index in [1.807, 2.05) is 7.05 Å². The maximum atomic E-state index is 4.30. The van der Waals surface area contributed by atoms with E-state index in [0.29, 0.717) is 6.04 Å². The van der Waals surface area contributed by atoms with Crippen molar-refractivity contribution in [3.05, 3.63) is 0 Å². The Hall–Kier alpha value is -0.420. The maximum absolute atomic E-state index is 4.30. The van der Waals surface area contributed by atoms with E-state index < -0.39 is 0 Å². The van der Waals surface area contributed by atoms with Gasteiger partial charge >= 0.3 is 0 Å². The first-order valence-electron chi connectivity index (χ1n) is 7.51. The van der Waals surface area contributed by atoms with E-state index in [4.69, 9.17) is 0 Å². The van der Waals surface area contributed by atoms with Crippen molar-refractivity contribution in [2.75, 3.05) is 39.0 Å². The van der Waals surface area contributed by atoms with Crippen molar-refractivity contribution in [3.63, 3.8) is 0 Å². The zero-order valence-electron chi connectivity index (χ0n) is 12.9. The minimum atomic E-state index is 0.536. The summed E-state index contributed by atoms with van der Waals surface area (Å²) in [5.74, 6) is 2.25. The van der Waals surface area contributed by atoms with Gasteiger partial charge in [0.1, 0.15) is 0 Å². The number of rotatable bonds is 7. The van der Waals surface area contributed by atoms with E-state index in [1.54, 1.807) is 0 Å². The Labute approximate surface area is 122 Å². The lowest BCUT2D eigenvalue weighted by molar-refractivity contribution is 0.231. The molecule has 4 nitrogen and oxygen atoms in total. The van der Waals surface area contributed by atoms with Crippen LogP contribution >= 0.6 is 11.8 Å². The minimum absolute atomic E-state index is 0.536. The molecule has 0 amide bonds. The van der Waals surface area contributed by atoms with Crippen LogP contribution in [0.3, 0.4) is 0 Å². The third kappa shape index (κ3) is 6.04. The number of thioether (sulfide) groups is 1. The summed E-state index contributed by atoms with van der Waals surface area (Å²) in [5.41, 5.74) is 0. The summed E-state index contributed by atoms with van der Waals surface area (Å²) >= 11 is 2.08. The van der Waals surface area contributed by atoms with E-state index in [-0.39, 0.29) is 0 Å². The van der Waals surface area contributed by atoms with Crippen molar-refractivity contribution in [2.24, 2.45) is 4.99 Å². The zero-order valence-corrected chi connectivity index (χ0v) is 13.7. The highest BCUT2D eigenvalue weighted by molar-refractivity contribution is 8.00. The Morgan fingerprint density at radius 3 is 2.63 bits per heavy atom. The lowest BCUT2D eigenvalue weighted by Gasteiger charge is -2.27. The highest BCUT2D eigenvalue weighted by Gasteiger charge is 2.16. The summed E-state index contributed by atoms with van der Waals surface area (Å²) in [4.78, 5) is 6.75. The number of aliphatic imine (C=N–C) groups is 1. The lowest BCUT2D eigenvalue weighted by Crippen LogP contribution is -2.46. The molecule has 2 N–H and O–H groups in total. The molecule has 0 radical (unpaired) electrons. The second-order valence-corrected chi connectivity index (χ2v) is 6.45. The summed E-state index contributed by atoms with van der Waals surface area (Å²) in [5, 5.41) is 7.63. The third-order valence-electron chi connectivity index (χ3n) is 3.75. The molecule has 1 heterocycles. The van der Waals surface area contributed by atoms with Crippen LogP contribution in [0.15, 0.2) is 4.99 Å². The van der Waals surface area contributed by atoms with E-state index >= 15 is 0 Å². The van der Waals surface area contributed by atoms with E-state index in [9.17, 15) is 0 Å². The summed E-state index contributed by atoms with van der Waals surface area (Å²) < 4.78 is 0. The highest BCUT2D eigenvalue weighted by Crippen LogP contribution is 2.25. The molecule has 0 aromatic carbocycles. The average Bonchev–Trinajstić information content (AvgIpc) is 2.93. The molecule has 0 aliphatic carbocycles. The van der Waals surface area contributed by atoms with Crippen LogP contribution in [0.25, 0.3) is 0 Å². The Kier molecular flexibility index (Phi) is 8.30. The molecule has 5 heteroatoms. The molecule has 1 saturated heterocycles. The molecule has 1 aliphatic heterocycles. The van der Waals surface area contributed by atoms with Gasteiger partial charge < -0.3 is 10.6 Å². The smallest absolute Gasteiger partial charge is 0.191 e. The molecule has 0 spiro atoms. The summed E-state index contributed by atoms with van der Waals surface area (Å²) in [6.07, 6.45) is 2.70. The van der Waals surface area contributed by atoms with Crippen molar-refractivity contribution in [2.45, 2.75) is 44.9 Å². The van der Waals surface area contributed by atoms with Crippen molar-refractivity contribution >= 4 is 17.7 Å². The number of nitrogens with one attached hydrogen (secondary N) is 2. The molecule has 1 fully saturated rings. The molecular weight excluding hydrogens is 256 g/mol. The first-order chi connectivity index (χ1) is 9.21. The Balaban J connectivity index is 2.24. The quantitative estimate of drug-likeness (QED) is 0.553. The van der Waals surface area contributed by atoms with Gasteiger partial charge in [-0.25, -0.2) is 0 Å². The molecule has 0 saturated carbocycles. The van der Waals surface area contributed by atoms with Crippen LogP contribution in [0.2, 0.25) is 0 Å². The number of hydrogen-bond donors (Lipinski definition) is 2. The Bertz CT molecular complexity index is 260. The monoisotopic (exact) mass is 286 g/mol. The summed E-state index contributed by atoms with van der Waals surface area (Å²) in [6, 6.07) is 0.536. The fourth-order valence-corrected chi connectivity index (χ4v) is 3.66. The summed E-state index contributed by atoms with van der Waals surface area (Å²) in [6.45, 7) is 10.9. The molecule has 112 valence electrons. The van der Waals surface area contributed by atoms with Crippen molar-refractivity contribution in [1.82, 2.24) is 15.5 Å². The van der Waals surface area contributed by atoms with Gasteiger partial charge in [-0.05, 0) is 38.6 Å². The van der Waals surface area contributed by atoms with E-state index in [0.717, 1.165) is 37.4 Å². The first kappa shape index (κ1) is 16.6. The summed E-state index contributed by atoms with van der Waals surface area (Å²) in [7, 11) is 1.85. The van der Waals surface area contributed by atoms with Crippen LogP contribution < -0.4 is 10.6 Å². The van der Waals surface area contributed by atoms with Crippen LogP contribution in [0.1, 0.15) is 33.6 Å². The molecule has 1 aliphatic rings. The predicted molar refractivity (Wildman–Crippen MR) is 87.2 cm³/mol. The van der Waals surface area contributed by atoms with Gasteiger partial charge in [0.2, 0.25) is 0 Å². The van der Waals surface area contributed by atoms with Crippen LogP contribution in [0.5, 0.6) is 0 Å². The number of hydrogen-bond acceptors (Lipinski definition) is 3. The third-order valence-corrected chi connectivity index (χ3v) is 5.14. The van der Waals surface area contributed by atoms with Gasteiger partial charge in [0.15, 0.2) is 5.96 Å². The number of likely N-dealkylation sites (N-methyl/N-ethyl adjacent to an activating group) is 1.